The third-order valence-corrected chi connectivity index (χ3v) is 8.01. The summed E-state index contributed by atoms with van der Waals surface area (Å²) in [6.45, 7) is 4.03. The fourth-order valence-corrected chi connectivity index (χ4v) is 6.41. The monoisotopic (exact) mass is 532 g/mol. The quantitative estimate of drug-likeness (QED) is 0.385. The second-order valence-corrected chi connectivity index (χ2v) is 10.6. The Hall–Kier alpha value is -3.34. The zero-order valence-electron chi connectivity index (χ0n) is 20.4. The minimum atomic E-state index is -4.55. The molecule has 1 amide bonds. The lowest BCUT2D eigenvalue weighted by molar-refractivity contribution is -0.173. The summed E-state index contributed by atoms with van der Waals surface area (Å²) >= 11 is 1.32. The van der Waals surface area contributed by atoms with Crippen LogP contribution >= 0.6 is 11.3 Å². The van der Waals surface area contributed by atoms with Gasteiger partial charge in [0.05, 0.1) is 18.2 Å². The standard InChI is InChI=1S/C26H27F3N4O3S/c1-3-36-25(35)22-16-10-9-14(2)11-19(16)37-24(22)31-23(34)18-13-21-30-17(15-7-5-4-6-8-15)12-20(26(27,28)29)33(21)32-18/h4-8,13-14,17,20,30H,3,9-12H2,1-2H3,(H,31,34)/t14-,17+,20+/m0/s1. The molecule has 3 atom stereocenters. The van der Waals surface area contributed by atoms with Crippen LogP contribution in [0.3, 0.4) is 0 Å². The Kier molecular flexibility index (Phi) is 6.74. The van der Waals surface area contributed by atoms with E-state index >= 15 is 0 Å². The van der Waals surface area contributed by atoms with E-state index < -0.39 is 30.1 Å². The average Bonchev–Trinajstić information content (AvgIpc) is 3.44. The Morgan fingerprint density at radius 1 is 1.27 bits per heavy atom. The van der Waals surface area contributed by atoms with E-state index in [1.54, 1.807) is 37.3 Å². The number of hydrogen-bond donors (Lipinski definition) is 2. The van der Waals surface area contributed by atoms with Crippen molar-refractivity contribution in [2.75, 3.05) is 17.2 Å². The Bertz CT molecular complexity index is 1320. The highest BCUT2D eigenvalue weighted by Crippen LogP contribution is 2.44. The van der Waals surface area contributed by atoms with Crippen molar-refractivity contribution in [2.24, 2.45) is 5.92 Å². The second kappa shape index (κ2) is 9.85. The number of halogens is 3. The maximum Gasteiger partial charge on any atom is 0.410 e. The molecule has 0 bridgehead atoms. The lowest BCUT2D eigenvalue weighted by Crippen LogP contribution is -2.35. The topological polar surface area (TPSA) is 85.2 Å². The molecular weight excluding hydrogens is 505 g/mol. The summed E-state index contributed by atoms with van der Waals surface area (Å²) in [7, 11) is 0. The molecule has 196 valence electrons. The lowest BCUT2D eigenvalue weighted by Gasteiger charge is -2.33. The number of fused-ring (bicyclic) bond motifs is 2. The van der Waals surface area contributed by atoms with Crippen molar-refractivity contribution in [2.45, 2.75) is 57.8 Å². The number of benzene rings is 1. The van der Waals surface area contributed by atoms with E-state index in [1.165, 1.54) is 17.4 Å². The van der Waals surface area contributed by atoms with Crippen molar-refractivity contribution >= 4 is 34.0 Å². The van der Waals surface area contributed by atoms with Gasteiger partial charge in [-0.1, -0.05) is 37.3 Å². The van der Waals surface area contributed by atoms with Crippen LogP contribution in [0.25, 0.3) is 0 Å². The zero-order chi connectivity index (χ0) is 26.3. The minimum absolute atomic E-state index is 0.109. The SMILES string of the molecule is CCOC(=O)c1c(NC(=O)c2cc3n(n2)[C@@H](C(F)(F)F)C[C@H](c2ccccc2)N3)sc2c1CC[C@H](C)C2. The first-order valence-corrected chi connectivity index (χ1v) is 13.1. The lowest BCUT2D eigenvalue weighted by atomic mass is 9.88. The zero-order valence-corrected chi connectivity index (χ0v) is 21.2. The molecule has 0 radical (unpaired) electrons. The van der Waals surface area contributed by atoms with Gasteiger partial charge in [-0.15, -0.1) is 11.3 Å². The first-order chi connectivity index (χ1) is 17.7. The first kappa shape index (κ1) is 25.3. The summed E-state index contributed by atoms with van der Waals surface area (Å²) in [5.74, 6) is -0.637. The molecule has 3 heterocycles. The summed E-state index contributed by atoms with van der Waals surface area (Å²) in [4.78, 5) is 27.0. The molecule has 0 fully saturated rings. The van der Waals surface area contributed by atoms with Gasteiger partial charge in [0.15, 0.2) is 11.7 Å². The molecule has 2 N–H and O–H groups in total. The number of hydrogen-bond acceptors (Lipinski definition) is 6. The number of carbonyl (C=O) groups is 2. The highest BCUT2D eigenvalue weighted by Gasteiger charge is 2.47. The molecule has 1 aliphatic carbocycles. The summed E-state index contributed by atoms with van der Waals surface area (Å²) in [5.41, 5.74) is 1.76. The highest BCUT2D eigenvalue weighted by atomic mass is 32.1. The van der Waals surface area contributed by atoms with Gasteiger partial charge in [-0.3, -0.25) is 4.79 Å². The molecular formula is C26H27F3N4O3S. The van der Waals surface area contributed by atoms with Crippen LogP contribution in [-0.4, -0.2) is 34.4 Å². The van der Waals surface area contributed by atoms with E-state index in [9.17, 15) is 22.8 Å². The molecule has 0 unspecified atom stereocenters. The molecule has 7 nitrogen and oxygen atoms in total. The average molecular weight is 533 g/mol. The summed E-state index contributed by atoms with van der Waals surface area (Å²) in [5, 5.41) is 10.2. The van der Waals surface area contributed by atoms with Gasteiger partial charge in [0.2, 0.25) is 0 Å². The van der Waals surface area contributed by atoms with Gasteiger partial charge in [-0.2, -0.15) is 18.3 Å². The summed E-state index contributed by atoms with van der Waals surface area (Å²) in [6.07, 6.45) is -2.40. The largest absolute Gasteiger partial charge is 0.462 e. The number of carbonyl (C=O) groups excluding carboxylic acids is 2. The van der Waals surface area contributed by atoms with Crippen LogP contribution in [0.1, 0.15) is 75.6 Å². The maximum atomic E-state index is 14.0. The van der Waals surface area contributed by atoms with E-state index in [2.05, 4.69) is 22.7 Å². The van der Waals surface area contributed by atoms with E-state index in [-0.39, 0.29) is 24.5 Å². The Morgan fingerprint density at radius 3 is 2.73 bits per heavy atom. The number of aromatic nitrogens is 2. The molecule has 0 saturated heterocycles. The number of thiophene rings is 1. The predicted octanol–water partition coefficient (Wildman–Crippen LogP) is 6.16. The van der Waals surface area contributed by atoms with Crippen molar-refractivity contribution in [1.82, 2.24) is 9.78 Å². The molecule has 1 aromatic carbocycles. The maximum absolute atomic E-state index is 14.0. The van der Waals surface area contributed by atoms with E-state index in [0.29, 0.717) is 28.5 Å². The first-order valence-electron chi connectivity index (χ1n) is 12.3. The van der Waals surface area contributed by atoms with Crippen molar-refractivity contribution in [3.05, 3.63) is 63.7 Å². The third-order valence-electron chi connectivity index (χ3n) is 6.84. The van der Waals surface area contributed by atoms with Crippen LogP contribution in [0.2, 0.25) is 0 Å². The van der Waals surface area contributed by atoms with E-state index in [4.69, 9.17) is 4.74 Å². The number of esters is 1. The Labute approximate surface area is 216 Å². The third kappa shape index (κ3) is 4.96. The number of anilines is 2. The van der Waals surface area contributed by atoms with Crippen molar-refractivity contribution < 1.29 is 27.5 Å². The molecule has 2 aliphatic rings. The molecule has 0 spiro atoms. The number of alkyl halides is 3. The molecule has 37 heavy (non-hydrogen) atoms. The van der Waals surface area contributed by atoms with Crippen molar-refractivity contribution in [3.63, 3.8) is 0 Å². The molecule has 5 rings (SSSR count). The molecule has 0 saturated carbocycles. The van der Waals surface area contributed by atoms with Gasteiger partial charge < -0.3 is 15.4 Å². The highest BCUT2D eigenvalue weighted by molar-refractivity contribution is 7.17. The van der Waals surface area contributed by atoms with E-state index in [1.807, 2.05) is 0 Å². The van der Waals surface area contributed by atoms with Gasteiger partial charge in [-0.05, 0) is 43.2 Å². The van der Waals surface area contributed by atoms with Crippen molar-refractivity contribution in [3.8, 4) is 0 Å². The van der Waals surface area contributed by atoms with Gasteiger partial charge in [0, 0.05) is 17.4 Å². The molecule has 2 aromatic heterocycles. The van der Waals surface area contributed by atoms with Crippen LogP contribution in [0, 0.1) is 5.92 Å². The number of ether oxygens (including phenoxy) is 1. The summed E-state index contributed by atoms with van der Waals surface area (Å²) < 4.78 is 48.1. The second-order valence-electron chi connectivity index (χ2n) is 9.49. The van der Waals surface area contributed by atoms with Gasteiger partial charge in [0.1, 0.15) is 10.8 Å². The number of nitrogens with one attached hydrogen (secondary N) is 2. The Balaban J connectivity index is 1.46. The molecule has 1 aliphatic heterocycles. The minimum Gasteiger partial charge on any atom is -0.462 e. The van der Waals surface area contributed by atoms with E-state index in [0.717, 1.165) is 28.0 Å². The van der Waals surface area contributed by atoms with Crippen LogP contribution in [0.5, 0.6) is 0 Å². The van der Waals surface area contributed by atoms with Crippen LogP contribution in [-0.2, 0) is 17.6 Å². The fourth-order valence-electron chi connectivity index (χ4n) is 5.01. The van der Waals surface area contributed by atoms with Crippen LogP contribution in [0.15, 0.2) is 36.4 Å². The molecule has 11 heteroatoms. The smallest absolute Gasteiger partial charge is 0.410 e. The van der Waals surface area contributed by atoms with Gasteiger partial charge in [-0.25, -0.2) is 9.48 Å². The normalized spacial score (nSPS) is 20.9. The predicted molar refractivity (Wildman–Crippen MR) is 134 cm³/mol. The van der Waals surface area contributed by atoms with Crippen LogP contribution in [0.4, 0.5) is 24.0 Å². The Morgan fingerprint density at radius 2 is 2.03 bits per heavy atom. The van der Waals surface area contributed by atoms with Gasteiger partial charge in [0.25, 0.3) is 5.91 Å². The number of amides is 1. The van der Waals surface area contributed by atoms with Crippen LogP contribution < -0.4 is 10.6 Å². The summed E-state index contributed by atoms with van der Waals surface area (Å²) in [6, 6.07) is 7.72. The molecule has 3 aromatic rings. The number of nitrogens with zero attached hydrogens (tertiary/aromatic N) is 2. The number of rotatable bonds is 5. The van der Waals surface area contributed by atoms with Gasteiger partial charge >= 0.3 is 12.1 Å². The van der Waals surface area contributed by atoms with Crippen molar-refractivity contribution in [1.29, 1.82) is 0 Å². The fraction of sp³-hybridized carbons (Fsp3) is 0.423.